The first-order valence-corrected chi connectivity index (χ1v) is 7.49. The zero-order valence-electron chi connectivity index (χ0n) is 12.6. The predicted octanol–water partition coefficient (Wildman–Crippen LogP) is 1.95. The zero-order chi connectivity index (χ0) is 13.9. The van der Waals surface area contributed by atoms with E-state index in [0.717, 1.165) is 44.0 Å². The van der Waals surface area contributed by atoms with Crippen LogP contribution in [0, 0.1) is 5.92 Å². The summed E-state index contributed by atoms with van der Waals surface area (Å²) in [4.78, 5) is 21.3. The van der Waals surface area contributed by atoms with E-state index in [0.29, 0.717) is 12.5 Å². The molecule has 0 aromatic carbocycles. The third kappa shape index (κ3) is 3.83. The summed E-state index contributed by atoms with van der Waals surface area (Å²) in [6, 6.07) is 3.75. The number of nitrogens with zero attached hydrogens (tertiary/aromatic N) is 3. The van der Waals surface area contributed by atoms with Crippen LogP contribution in [0.4, 0.5) is 5.82 Å². The molecule has 5 nitrogen and oxygen atoms in total. The molecule has 124 valence electrons. The van der Waals surface area contributed by atoms with Gasteiger partial charge in [-0.1, -0.05) is 0 Å². The van der Waals surface area contributed by atoms with Crippen molar-refractivity contribution in [2.45, 2.75) is 19.3 Å². The Hall–Kier alpha value is -1.04. The van der Waals surface area contributed by atoms with Crippen LogP contribution in [0.15, 0.2) is 18.3 Å². The monoisotopic (exact) mass is 346 g/mol. The maximum Gasteiger partial charge on any atom is 0.257 e. The van der Waals surface area contributed by atoms with E-state index in [1.165, 1.54) is 12.8 Å². The second-order valence-electron chi connectivity index (χ2n) is 5.71. The second kappa shape index (κ2) is 8.56. The van der Waals surface area contributed by atoms with Crippen LogP contribution in [0.25, 0.3) is 0 Å². The maximum atomic E-state index is 12.7. The van der Waals surface area contributed by atoms with Crippen LogP contribution in [0.5, 0.6) is 0 Å². The van der Waals surface area contributed by atoms with Gasteiger partial charge in [0.05, 0.1) is 5.56 Å². The Kier molecular flexibility index (Phi) is 7.39. The smallest absolute Gasteiger partial charge is 0.257 e. The molecule has 1 aromatic heterocycles. The molecular formula is C15H24Cl2N4O. The molecular weight excluding hydrogens is 323 g/mol. The molecule has 2 saturated heterocycles. The Bertz CT molecular complexity index is 494. The Balaban J connectivity index is 0.00000121. The summed E-state index contributed by atoms with van der Waals surface area (Å²) < 4.78 is 0. The molecule has 2 aliphatic rings. The van der Waals surface area contributed by atoms with Crippen molar-refractivity contribution < 1.29 is 4.79 Å². The van der Waals surface area contributed by atoms with E-state index >= 15 is 0 Å². The number of hydrogen-bond acceptors (Lipinski definition) is 4. The average molecular weight is 347 g/mol. The summed E-state index contributed by atoms with van der Waals surface area (Å²) in [6.07, 6.45) is 5.16. The lowest BCUT2D eigenvalue weighted by Crippen LogP contribution is -2.32. The van der Waals surface area contributed by atoms with Gasteiger partial charge in [-0.3, -0.25) is 4.79 Å². The van der Waals surface area contributed by atoms with E-state index in [1.807, 2.05) is 17.0 Å². The van der Waals surface area contributed by atoms with Crippen molar-refractivity contribution in [3.63, 3.8) is 0 Å². The summed E-state index contributed by atoms with van der Waals surface area (Å²) in [5.41, 5.74) is 6.45. The van der Waals surface area contributed by atoms with Crippen molar-refractivity contribution in [3.05, 3.63) is 23.9 Å². The fourth-order valence-electron chi connectivity index (χ4n) is 3.12. The van der Waals surface area contributed by atoms with Crippen LogP contribution in [-0.2, 0) is 0 Å². The minimum Gasteiger partial charge on any atom is -0.356 e. The molecule has 0 saturated carbocycles. The highest BCUT2D eigenvalue weighted by atomic mass is 35.5. The van der Waals surface area contributed by atoms with E-state index < -0.39 is 0 Å². The Morgan fingerprint density at radius 1 is 1.27 bits per heavy atom. The number of carbonyl (C=O) groups excluding carboxylic acids is 1. The molecule has 1 aromatic rings. The third-order valence-corrected chi connectivity index (χ3v) is 4.33. The van der Waals surface area contributed by atoms with Gasteiger partial charge in [0.1, 0.15) is 5.82 Å². The van der Waals surface area contributed by atoms with Crippen LogP contribution >= 0.6 is 24.8 Å². The molecule has 3 rings (SSSR count). The number of hydrogen-bond donors (Lipinski definition) is 1. The number of amides is 1. The summed E-state index contributed by atoms with van der Waals surface area (Å²) >= 11 is 0. The van der Waals surface area contributed by atoms with Gasteiger partial charge in [-0.2, -0.15) is 0 Å². The molecule has 0 aliphatic carbocycles. The highest BCUT2D eigenvalue weighted by Crippen LogP contribution is 2.25. The zero-order valence-corrected chi connectivity index (χ0v) is 14.2. The van der Waals surface area contributed by atoms with Gasteiger partial charge in [0.15, 0.2) is 0 Å². The van der Waals surface area contributed by atoms with E-state index in [-0.39, 0.29) is 30.7 Å². The van der Waals surface area contributed by atoms with Gasteiger partial charge in [-0.25, -0.2) is 4.98 Å². The quantitative estimate of drug-likeness (QED) is 0.908. The fourth-order valence-corrected chi connectivity index (χ4v) is 3.12. The van der Waals surface area contributed by atoms with Crippen LogP contribution in [0.1, 0.15) is 29.6 Å². The lowest BCUT2D eigenvalue weighted by Gasteiger charge is -2.22. The molecule has 2 aliphatic heterocycles. The number of aromatic nitrogens is 1. The molecule has 2 N–H and O–H groups in total. The minimum atomic E-state index is 0. The third-order valence-electron chi connectivity index (χ3n) is 4.33. The summed E-state index contributed by atoms with van der Waals surface area (Å²) in [5, 5.41) is 0. The largest absolute Gasteiger partial charge is 0.356 e. The maximum absolute atomic E-state index is 12.7. The van der Waals surface area contributed by atoms with Gasteiger partial charge in [0.2, 0.25) is 0 Å². The number of likely N-dealkylation sites (tertiary alicyclic amines) is 1. The number of carbonyl (C=O) groups is 1. The SMILES string of the molecule is Cl.Cl.NCC1CCN(C(=O)c2cccnc2N2CCCC2)C1. The van der Waals surface area contributed by atoms with Crippen molar-refractivity contribution in [1.29, 1.82) is 0 Å². The molecule has 1 unspecified atom stereocenters. The Morgan fingerprint density at radius 2 is 2.00 bits per heavy atom. The Morgan fingerprint density at radius 3 is 2.64 bits per heavy atom. The first-order chi connectivity index (χ1) is 9.79. The van der Waals surface area contributed by atoms with Gasteiger partial charge in [0, 0.05) is 32.4 Å². The lowest BCUT2D eigenvalue weighted by atomic mass is 10.1. The van der Waals surface area contributed by atoms with Crippen LogP contribution in [0.2, 0.25) is 0 Å². The van der Waals surface area contributed by atoms with E-state index in [1.54, 1.807) is 6.20 Å². The number of anilines is 1. The Labute approximate surface area is 144 Å². The molecule has 0 radical (unpaired) electrons. The van der Waals surface area contributed by atoms with Crippen molar-refractivity contribution in [2.24, 2.45) is 11.7 Å². The summed E-state index contributed by atoms with van der Waals surface area (Å²) in [6.45, 7) is 4.26. The van der Waals surface area contributed by atoms with Gasteiger partial charge < -0.3 is 15.5 Å². The number of nitrogens with two attached hydrogens (primary N) is 1. The summed E-state index contributed by atoms with van der Waals surface area (Å²) in [7, 11) is 0. The number of halogens is 2. The minimum absolute atomic E-state index is 0. The van der Waals surface area contributed by atoms with Crippen LogP contribution in [0.3, 0.4) is 0 Å². The topological polar surface area (TPSA) is 62.5 Å². The molecule has 2 fully saturated rings. The molecule has 7 heteroatoms. The van der Waals surface area contributed by atoms with E-state index in [9.17, 15) is 4.79 Å². The standard InChI is InChI=1S/C15H22N4O.2ClH/c16-10-12-5-9-19(11-12)15(20)13-4-3-6-17-14(13)18-7-1-2-8-18;;/h3-4,6,12H,1-2,5,7-11,16H2;2*1H. The first kappa shape index (κ1) is 19.0. The van der Waals surface area contributed by atoms with Gasteiger partial charge in [-0.15, -0.1) is 24.8 Å². The fraction of sp³-hybridized carbons (Fsp3) is 0.600. The number of pyridine rings is 1. The summed E-state index contributed by atoms with van der Waals surface area (Å²) in [5.74, 6) is 1.41. The van der Waals surface area contributed by atoms with Crippen molar-refractivity contribution >= 4 is 36.5 Å². The molecule has 1 amide bonds. The lowest BCUT2D eigenvalue weighted by molar-refractivity contribution is 0.0788. The van der Waals surface area contributed by atoms with Gasteiger partial charge >= 0.3 is 0 Å². The van der Waals surface area contributed by atoms with Crippen molar-refractivity contribution in [2.75, 3.05) is 37.6 Å². The molecule has 3 heterocycles. The van der Waals surface area contributed by atoms with E-state index in [4.69, 9.17) is 5.73 Å². The highest BCUT2D eigenvalue weighted by Gasteiger charge is 2.29. The van der Waals surface area contributed by atoms with Crippen molar-refractivity contribution in [3.8, 4) is 0 Å². The predicted molar refractivity (Wildman–Crippen MR) is 93.2 cm³/mol. The second-order valence-corrected chi connectivity index (χ2v) is 5.71. The first-order valence-electron chi connectivity index (χ1n) is 7.49. The molecule has 22 heavy (non-hydrogen) atoms. The van der Waals surface area contributed by atoms with Crippen LogP contribution < -0.4 is 10.6 Å². The average Bonchev–Trinajstić information content (AvgIpc) is 3.17. The van der Waals surface area contributed by atoms with Gasteiger partial charge in [-0.05, 0) is 43.9 Å². The molecule has 0 spiro atoms. The molecule has 0 bridgehead atoms. The number of rotatable bonds is 3. The van der Waals surface area contributed by atoms with Gasteiger partial charge in [0.25, 0.3) is 5.91 Å². The van der Waals surface area contributed by atoms with Crippen molar-refractivity contribution in [1.82, 2.24) is 9.88 Å². The normalized spacial score (nSPS) is 20.5. The van der Waals surface area contributed by atoms with E-state index in [2.05, 4.69) is 9.88 Å². The molecule has 1 atom stereocenters. The highest BCUT2D eigenvalue weighted by molar-refractivity contribution is 5.99. The van der Waals surface area contributed by atoms with Crippen LogP contribution in [-0.4, -0.2) is 48.5 Å².